The second kappa shape index (κ2) is 4.21. The maximum Gasteiger partial charge on any atom is 0.192 e. The molecule has 0 spiro atoms. The van der Waals surface area contributed by atoms with Gasteiger partial charge in [-0.15, -0.1) is 0 Å². The fourth-order valence-corrected chi connectivity index (χ4v) is 1.15. The van der Waals surface area contributed by atoms with Crippen molar-refractivity contribution in [3.8, 4) is 5.75 Å². The Morgan fingerprint density at radius 2 is 1.80 bits per heavy atom. The molecule has 2 N–H and O–H groups in total. The Balaban J connectivity index is 2.94. The highest BCUT2D eigenvalue weighted by atomic mass is 16.6. The van der Waals surface area contributed by atoms with Crippen molar-refractivity contribution < 1.29 is 14.9 Å². The van der Waals surface area contributed by atoms with Gasteiger partial charge in [0.2, 0.25) is 0 Å². The van der Waals surface area contributed by atoms with Gasteiger partial charge in [-0.2, -0.15) is 0 Å². The molecule has 15 heavy (non-hydrogen) atoms. The minimum atomic E-state index is -1.50. The first-order valence-electron chi connectivity index (χ1n) is 4.95. The molecule has 0 unspecified atom stereocenters. The molecule has 0 fully saturated rings. The standard InChI is InChI=1S/C12H18O3/c1-8-5-6-9(2)10(7-8)15-12(3,4)11(13)14/h5-7,11,13-14H,1-4H3. The number of rotatable bonds is 3. The van der Waals surface area contributed by atoms with E-state index >= 15 is 0 Å². The van der Waals surface area contributed by atoms with Crippen LogP contribution in [0.2, 0.25) is 0 Å². The molecule has 0 atom stereocenters. The van der Waals surface area contributed by atoms with Gasteiger partial charge in [0.25, 0.3) is 0 Å². The van der Waals surface area contributed by atoms with Crippen LogP contribution in [0.3, 0.4) is 0 Å². The van der Waals surface area contributed by atoms with Crippen molar-refractivity contribution in [2.75, 3.05) is 0 Å². The third kappa shape index (κ3) is 2.94. The van der Waals surface area contributed by atoms with Gasteiger partial charge in [-0.25, -0.2) is 0 Å². The van der Waals surface area contributed by atoms with E-state index in [0.717, 1.165) is 11.1 Å². The van der Waals surface area contributed by atoms with E-state index in [4.69, 9.17) is 14.9 Å². The summed E-state index contributed by atoms with van der Waals surface area (Å²) in [7, 11) is 0. The van der Waals surface area contributed by atoms with Crippen LogP contribution in [0, 0.1) is 13.8 Å². The highest BCUT2D eigenvalue weighted by molar-refractivity contribution is 5.36. The van der Waals surface area contributed by atoms with Gasteiger partial charge >= 0.3 is 0 Å². The summed E-state index contributed by atoms with van der Waals surface area (Å²) in [5.41, 5.74) is 1.06. The average Bonchev–Trinajstić information content (AvgIpc) is 2.10. The molecule has 0 aliphatic carbocycles. The summed E-state index contributed by atoms with van der Waals surface area (Å²) in [5, 5.41) is 18.3. The minimum Gasteiger partial charge on any atom is -0.482 e. The molecule has 3 nitrogen and oxygen atoms in total. The van der Waals surface area contributed by atoms with Crippen LogP contribution in [0.1, 0.15) is 25.0 Å². The summed E-state index contributed by atoms with van der Waals surface area (Å²) in [6, 6.07) is 5.83. The largest absolute Gasteiger partial charge is 0.482 e. The van der Waals surface area contributed by atoms with Crippen molar-refractivity contribution in [2.24, 2.45) is 0 Å². The molecule has 3 heteroatoms. The van der Waals surface area contributed by atoms with Crippen LogP contribution in [0.15, 0.2) is 18.2 Å². The van der Waals surface area contributed by atoms with Gasteiger partial charge in [-0.05, 0) is 44.9 Å². The van der Waals surface area contributed by atoms with Gasteiger partial charge in [-0.1, -0.05) is 12.1 Å². The molecular weight excluding hydrogens is 192 g/mol. The van der Waals surface area contributed by atoms with Crippen molar-refractivity contribution in [2.45, 2.75) is 39.6 Å². The van der Waals surface area contributed by atoms with Gasteiger partial charge < -0.3 is 14.9 Å². The van der Waals surface area contributed by atoms with E-state index in [1.807, 2.05) is 32.0 Å². The second-order valence-corrected chi connectivity index (χ2v) is 4.35. The second-order valence-electron chi connectivity index (χ2n) is 4.35. The fourth-order valence-electron chi connectivity index (χ4n) is 1.15. The summed E-state index contributed by atoms with van der Waals surface area (Å²) in [6.45, 7) is 7.17. The van der Waals surface area contributed by atoms with Crippen molar-refractivity contribution in [3.05, 3.63) is 29.3 Å². The Hall–Kier alpha value is -1.06. The molecule has 1 rings (SSSR count). The molecule has 0 aromatic heterocycles. The van der Waals surface area contributed by atoms with Crippen LogP contribution in [-0.2, 0) is 0 Å². The monoisotopic (exact) mass is 210 g/mol. The molecule has 0 bridgehead atoms. The van der Waals surface area contributed by atoms with Crippen molar-refractivity contribution in [3.63, 3.8) is 0 Å². The van der Waals surface area contributed by atoms with Crippen molar-refractivity contribution in [1.82, 2.24) is 0 Å². The molecule has 0 aliphatic rings. The van der Waals surface area contributed by atoms with Crippen LogP contribution in [0.4, 0.5) is 0 Å². The SMILES string of the molecule is Cc1ccc(C)c(OC(C)(C)C(O)O)c1. The molecule has 84 valence electrons. The van der Waals surface area contributed by atoms with E-state index < -0.39 is 11.9 Å². The third-order valence-electron chi connectivity index (χ3n) is 2.34. The maximum atomic E-state index is 9.13. The number of aliphatic hydroxyl groups is 2. The molecule has 0 heterocycles. The molecule has 1 aromatic rings. The third-order valence-corrected chi connectivity index (χ3v) is 2.34. The number of aliphatic hydroxyl groups excluding tert-OH is 1. The Kier molecular flexibility index (Phi) is 3.37. The first kappa shape index (κ1) is 12.0. The van der Waals surface area contributed by atoms with Crippen LogP contribution >= 0.6 is 0 Å². The quantitative estimate of drug-likeness (QED) is 0.747. The van der Waals surface area contributed by atoms with Gasteiger partial charge in [0.05, 0.1) is 0 Å². The predicted octanol–water partition coefficient (Wildman–Crippen LogP) is 1.77. The summed E-state index contributed by atoms with van der Waals surface area (Å²) >= 11 is 0. The molecule has 0 aliphatic heterocycles. The smallest absolute Gasteiger partial charge is 0.192 e. The van der Waals surface area contributed by atoms with Gasteiger partial charge in [0.15, 0.2) is 11.9 Å². The first-order valence-corrected chi connectivity index (χ1v) is 4.95. The van der Waals surface area contributed by atoms with Crippen LogP contribution < -0.4 is 4.74 Å². The number of aryl methyl sites for hydroxylation is 2. The van der Waals surface area contributed by atoms with E-state index in [9.17, 15) is 0 Å². The van der Waals surface area contributed by atoms with E-state index in [2.05, 4.69) is 0 Å². The van der Waals surface area contributed by atoms with Gasteiger partial charge in [0, 0.05) is 0 Å². The lowest BCUT2D eigenvalue weighted by atomic mass is 10.1. The van der Waals surface area contributed by atoms with Crippen molar-refractivity contribution >= 4 is 0 Å². The number of hydrogen-bond donors (Lipinski definition) is 2. The van der Waals surface area contributed by atoms with E-state index in [-0.39, 0.29) is 0 Å². The van der Waals surface area contributed by atoms with Gasteiger partial charge in [0.1, 0.15) is 5.75 Å². The Labute approximate surface area is 90.3 Å². The zero-order chi connectivity index (χ0) is 11.6. The first-order chi connectivity index (χ1) is 6.83. The molecule has 0 saturated heterocycles. The fraction of sp³-hybridized carbons (Fsp3) is 0.500. The summed E-state index contributed by atoms with van der Waals surface area (Å²) < 4.78 is 5.57. The van der Waals surface area contributed by atoms with Crippen LogP contribution in [0.25, 0.3) is 0 Å². The predicted molar refractivity (Wildman–Crippen MR) is 58.8 cm³/mol. The lowest BCUT2D eigenvalue weighted by molar-refractivity contribution is -0.154. The van der Waals surface area contributed by atoms with Crippen LogP contribution in [0.5, 0.6) is 5.75 Å². The van der Waals surface area contributed by atoms with E-state index in [1.54, 1.807) is 13.8 Å². The van der Waals surface area contributed by atoms with E-state index in [0.29, 0.717) is 5.75 Å². The topological polar surface area (TPSA) is 49.7 Å². The Morgan fingerprint density at radius 3 is 2.33 bits per heavy atom. The molecule has 0 radical (unpaired) electrons. The van der Waals surface area contributed by atoms with Crippen molar-refractivity contribution in [1.29, 1.82) is 0 Å². The Morgan fingerprint density at radius 1 is 1.20 bits per heavy atom. The number of ether oxygens (including phenoxy) is 1. The van der Waals surface area contributed by atoms with Crippen LogP contribution in [-0.4, -0.2) is 22.1 Å². The summed E-state index contributed by atoms with van der Waals surface area (Å²) in [4.78, 5) is 0. The van der Waals surface area contributed by atoms with Gasteiger partial charge in [-0.3, -0.25) is 0 Å². The maximum absolute atomic E-state index is 9.13. The molecule has 0 amide bonds. The summed E-state index contributed by atoms with van der Waals surface area (Å²) in [5.74, 6) is 0.688. The number of hydrogen-bond acceptors (Lipinski definition) is 3. The zero-order valence-electron chi connectivity index (χ0n) is 9.61. The zero-order valence-corrected chi connectivity index (χ0v) is 9.61. The highest BCUT2D eigenvalue weighted by Gasteiger charge is 2.28. The lowest BCUT2D eigenvalue weighted by Crippen LogP contribution is -2.41. The molecule has 0 saturated carbocycles. The minimum absolute atomic E-state index is 0.688. The highest BCUT2D eigenvalue weighted by Crippen LogP contribution is 2.25. The van der Waals surface area contributed by atoms with E-state index in [1.165, 1.54) is 0 Å². The Bertz CT molecular complexity index is 343. The number of benzene rings is 1. The normalized spacial score (nSPS) is 11.9. The average molecular weight is 210 g/mol. The lowest BCUT2D eigenvalue weighted by Gasteiger charge is -2.29. The summed E-state index contributed by atoms with van der Waals surface area (Å²) in [6.07, 6.45) is -1.50. The molecular formula is C12H18O3. The molecule has 1 aromatic carbocycles.